The molecule has 0 heterocycles. The number of carbonyl (C=O) groups is 1. The Morgan fingerprint density at radius 2 is 1.79 bits per heavy atom. The summed E-state index contributed by atoms with van der Waals surface area (Å²) in [6, 6.07) is 0. The van der Waals surface area contributed by atoms with E-state index in [9.17, 15) is 9.90 Å². The lowest BCUT2D eigenvalue weighted by Crippen LogP contribution is -2.53. The van der Waals surface area contributed by atoms with E-state index >= 15 is 0 Å². The van der Waals surface area contributed by atoms with Crippen molar-refractivity contribution in [3.05, 3.63) is 23.8 Å². The lowest BCUT2D eigenvalue weighted by Gasteiger charge is -2.57. The fourth-order valence-corrected chi connectivity index (χ4v) is 7.82. The zero-order valence-corrected chi connectivity index (χ0v) is 18.6. The topological polar surface area (TPSA) is 37.3 Å². The quantitative estimate of drug-likeness (QED) is 0.610. The van der Waals surface area contributed by atoms with Crippen LogP contribution < -0.4 is 0 Å². The van der Waals surface area contributed by atoms with Gasteiger partial charge in [-0.05, 0) is 91.4 Å². The molecule has 4 rings (SSSR count). The summed E-state index contributed by atoms with van der Waals surface area (Å²) in [5.41, 5.74) is 1.69. The smallest absolute Gasteiger partial charge is 0.159 e. The Labute approximate surface area is 171 Å². The maximum Gasteiger partial charge on any atom is 0.159 e. The summed E-state index contributed by atoms with van der Waals surface area (Å²) in [7, 11) is 0. The molecule has 2 heteroatoms. The molecule has 0 spiro atoms. The van der Waals surface area contributed by atoms with Crippen LogP contribution in [0.15, 0.2) is 23.8 Å². The minimum absolute atomic E-state index is 0.139. The molecule has 0 aromatic carbocycles. The SMILES string of the molecule is CC(C)/C=C/[C@@H](C)[C@H]1CC[C@H]2[C@@H]3C(=O)C=C4C[C@@H](O)CC[C@]4(C)[C@H]3CC[C@]12C. The van der Waals surface area contributed by atoms with Crippen LogP contribution in [0.25, 0.3) is 0 Å². The highest BCUT2D eigenvalue weighted by molar-refractivity contribution is 5.94. The maximum atomic E-state index is 13.3. The average molecular weight is 385 g/mol. The first-order valence-corrected chi connectivity index (χ1v) is 11.8. The lowest BCUT2D eigenvalue weighted by molar-refractivity contribution is -0.134. The average Bonchev–Trinajstić information content (AvgIpc) is 2.98. The molecule has 3 saturated carbocycles. The molecule has 4 aliphatic rings. The second-order valence-corrected chi connectivity index (χ2v) is 11.3. The number of aliphatic hydroxyl groups is 1. The third kappa shape index (κ3) is 3.06. The van der Waals surface area contributed by atoms with E-state index < -0.39 is 0 Å². The van der Waals surface area contributed by atoms with E-state index in [-0.39, 0.29) is 17.4 Å². The Bertz CT molecular complexity index is 689. The Balaban J connectivity index is 1.63. The van der Waals surface area contributed by atoms with Crippen LogP contribution in [-0.2, 0) is 4.79 Å². The first-order chi connectivity index (χ1) is 13.2. The predicted molar refractivity (Wildman–Crippen MR) is 115 cm³/mol. The summed E-state index contributed by atoms with van der Waals surface area (Å²) in [6.45, 7) is 11.8. The number of aliphatic hydroxyl groups excluding tert-OH is 1. The molecule has 0 bridgehead atoms. The van der Waals surface area contributed by atoms with Gasteiger partial charge in [-0.25, -0.2) is 0 Å². The second kappa shape index (κ2) is 7.11. The van der Waals surface area contributed by atoms with Crippen LogP contribution >= 0.6 is 0 Å². The summed E-state index contributed by atoms with van der Waals surface area (Å²) in [4.78, 5) is 13.3. The highest BCUT2D eigenvalue weighted by Crippen LogP contribution is 2.66. The monoisotopic (exact) mass is 384 g/mol. The number of hydrogen-bond acceptors (Lipinski definition) is 2. The van der Waals surface area contributed by atoms with Gasteiger partial charge in [0, 0.05) is 5.92 Å². The highest BCUT2D eigenvalue weighted by Gasteiger charge is 2.61. The minimum Gasteiger partial charge on any atom is -0.393 e. The fourth-order valence-electron chi connectivity index (χ4n) is 7.82. The molecule has 0 aromatic heterocycles. The van der Waals surface area contributed by atoms with Gasteiger partial charge in [0.15, 0.2) is 5.78 Å². The fraction of sp³-hybridized carbons (Fsp3) is 0.808. The molecule has 0 amide bonds. The Morgan fingerprint density at radius 3 is 2.50 bits per heavy atom. The molecule has 0 aliphatic heterocycles. The maximum absolute atomic E-state index is 13.3. The molecular formula is C26H40O2. The molecule has 8 atom stereocenters. The van der Waals surface area contributed by atoms with Gasteiger partial charge in [-0.3, -0.25) is 4.79 Å². The van der Waals surface area contributed by atoms with E-state index in [2.05, 4.69) is 46.8 Å². The van der Waals surface area contributed by atoms with Gasteiger partial charge in [0.25, 0.3) is 0 Å². The molecule has 0 unspecified atom stereocenters. The van der Waals surface area contributed by atoms with Crippen LogP contribution in [0.5, 0.6) is 0 Å². The third-order valence-electron chi connectivity index (χ3n) is 9.43. The van der Waals surface area contributed by atoms with E-state index in [1.165, 1.54) is 31.3 Å². The van der Waals surface area contributed by atoms with E-state index in [0.717, 1.165) is 12.8 Å². The largest absolute Gasteiger partial charge is 0.393 e. The summed E-state index contributed by atoms with van der Waals surface area (Å²) in [6.07, 6.45) is 14.1. The van der Waals surface area contributed by atoms with Crippen LogP contribution in [0.3, 0.4) is 0 Å². The number of hydrogen-bond donors (Lipinski definition) is 1. The summed E-state index contributed by atoms with van der Waals surface area (Å²) in [5.74, 6) is 3.54. The predicted octanol–water partition coefficient (Wildman–Crippen LogP) is 5.95. The van der Waals surface area contributed by atoms with Gasteiger partial charge in [0.05, 0.1) is 6.10 Å². The van der Waals surface area contributed by atoms with Crippen molar-refractivity contribution in [2.45, 2.75) is 85.7 Å². The molecular weight excluding hydrogens is 344 g/mol. The summed E-state index contributed by atoms with van der Waals surface area (Å²) < 4.78 is 0. The highest BCUT2D eigenvalue weighted by atomic mass is 16.3. The molecule has 1 N–H and O–H groups in total. The number of rotatable bonds is 3. The number of allylic oxidation sites excluding steroid dienone is 3. The van der Waals surface area contributed by atoms with Crippen LogP contribution in [-0.4, -0.2) is 17.0 Å². The molecule has 0 radical (unpaired) electrons. The van der Waals surface area contributed by atoms with Gasteiger partial charge in [0.1, 0.15) is 0 Å². The molecule has 0 aromatic rings. The molecule has 3 fully saturated rings. The zero-order valence-electron chi connectivity index (χ0n) is 18.6. The van der Waals surface area contributed by atoms with Crippen molar-refractivity contribution < 1.29 is 9.90 Å². The minimum atomic E-state index is -0.248. The zero-order chi connectivity index (χ0) is 20.3. The molecule has 2 nitrogen and oxygen atoms in total. The van der Waals surface area contributed by atoms with Crippen LogP contribution in [0.4, 0.5) is 0 Å². The van der Waals surface area contributed by atoms with E-state index in [1.807, 2.05) is 6.08 Å². The second-order valence-electron chi connectivity index (χ2n) is 11.3. The van der Waals surface area contributed by atoms with Crippen molar-refractivity contribution in [3.8, 4) is 0 Å². The van der Waals surface area contributed by atoms with Crippen molar-refractivity contribution >= 4 is 5.78 Å². The van der Waals surface area contributed by atoms with Gasteiger partial charge in [-0.1, -0.05) is 52.3 Å². The number of carbonyl (C=O) groups excluding carboxylic acids is 1. The molecule has 4 aliphatic carbocycles. The molecule has 0 saturated heterocycles. The molecule has 156 valence electrons. The van der Waals surface area contributed by atoms with Gasteiger partial charge >= 0.3 is 0 Å². The van der Waals surface area contributed by atoms with Crippen molar-refractivity contribution in [3.63, 3.8) is 0 Å². The molecule has 28 heavy (non-hydrogen) atoms. The van der Waals surface area contributed by atoms with Gasteiger partial charge < -0.3 is 5.11 Å². The van der Waals surface area contributed by atoms with Crippen LogP contribution in [0, 0.1) is 46.3 Å². The lowest BCUT2D eigenvalue weighted by atomic mass is 9.46. The van der Waals surface area contributed by atoms with Crippen LogP contribution in [0.1, 0.15) is 79.6 Å². The van der Waals surface area contributed by atoms with Gasteiger partial charge in [-0.15, -0.1) is 0 Å². The van der Waals surface area contributed by atoms with Gasteiger partial charge in [-0.2, -0.15) is 0 Å². The number of fused-ring (bicyclic) bond motifs is 5. The Hall–Kier alpha value is -0.890. The summed E-state index contributed by atoms with van der Waals surface area (Å²) >= 11 is 0. The Morgan fingerprint density at radius 1 is 1.04 bits per heavy atom. The van der Waals surface area contributed by atoms with Crippen molar-refractivity contribution in [2.24, 2.45) is 46.3 Å². The van der Waals surface area contributed by atoms with E-state index in [4.69, 9.17) is 0 Å². The van der Waals surface area contributed by atoms with Crippen molar-refractivity contribution in [2.75, 3.05) is 0 Å². The van der Waals surface area contributed by atoms with Gasteiger partial charge in [0.2, 0.25) is 0 Å². The van der Waals surface area contributed by atoms with Crippen LogP contribution in [0.2, 0.25) is 0 Å². The number of ketones is 1. The Kier molecular flexibility index (Phi) is 5.18. The standard InChI is InChI=1S/C26H40O2/c1-16(2)6-7-17(3)20-8-9-21-24-22(11-13-26(20,21)5)25(4)12-10-19(27)14-18(25)15-23(24)28/h6-7,15-17,19-22,24,27H,8-14H2,1-5H3/b7-6+/t17-,19+,20-,21+,22+,24+,25+,26-/m1/s1. The third-order valence-corrected chi connectivity index (χ3v) is 9.43. The van der Waals surface area contributed by atoms with Crippen molar-refractivity contribution in [1.29, 1.82) is 0 Å². The van der Waals surface area contributed by atoms with Crippen molar-refractivity contribution in [1.82, 2.24) is 0 Å². The van der Waals surface area contributed by atoms with E-state index in [0.29, 0.717) is 47.2 Å². The van der Waals surface area contributed by atoms with E-state index in [1.54, 1.807) is 0 Å². The summed E-state index contributed by atoms with van der Waals surface area (Å²) in [5, 5.41) is 10.2. The first-order valence-electron chi connectivity index (χ1n) is 11.8. The first kappa shape index (κ1) is 20.4. The normalized spacial score (nSPS) is 46.9.